The Bertz CT molecular complexity index is 6420. The molecule has 9 aromatic heterocycles. The van der Waals surface area contributed by atoms with Gasteiger partial charge in [-0.05, 0) is 98.0 Å². The smallest absolute Gasteiger partial charge is 0.330 e. The average molecular weight is 2010 g/mol. The fourth-order valence-corrected chi connectivity index (χ4v) is 23.3. The van der Waals surface area contributed by atoms with Crippen molar-refractivity contribution in [3.05, 3.63) is 140 Å². The molecule has 24 atom stereocenters. The predicted octanol–water partition coefficient (Wildman–Crippen LogP) is 0.988. The predicted molar refractivity (Wildman–Crippen MR) is 461 cm³/mol. The van der Waals surface area contributed by atoms with E-state index in [0.717, 1.165) is 16.2 Å². The van der Waals surface area contributed by atoms with Crippen molar-refractivity contribution < 1.29 is 112 Å². The summed E-state index contributed by atoms with van der Waals surface area (Å²) >= 11 is 33.3. The van der Waals surface area contributed by atoms with E-state index >= 15 is 0 Å². The molecule has 6 aliphatic heterocycles. The number of nitrogens with two attached hydrogens (primary N) is 3. The van der Waals surface area contributed by atoms with Crippen LogP contribution in [-0.4, -0.2) is 230 Å². The van der Waals surface area contributed by atoms with Crippen molar-refractivity contribution in [2.75, 3.05) is 57.3 Å². The number of anilines is 3. The lowest BCUT2D eigenvalue weighted by Gasteiger charge is -2.28. The molecule has 15 heterocycles. The molecule has 9 aromatic rings. The highest BCUT2D eigenvalue weighted by Gasteiger charge is 2.51. The third-order valence-electron chi connectivity index (χ3n) is 21.0. The van der Waals surface area contributed by atoms with Crippen LogP contribution in [0.5, 0.6) is 0 Å². The van der Waals surface area contributed by atoms with Gasteiger partial charge in [-0.25, -0.2) is 49.3 Å². The van der Waals surface area contributed by atoms with Gasteiger partial charge in [0.05, 0.1) is 94.7 Å². The summed E-state index contributed by atoms with van der Waals surface area (Å²) in [5.74, 6) is -0.197. The number of aryl methyl sites for hydroxylation is 3. The molecular weight excluding hydrogens is 1930 g/mol. The van der Waals surface area contributed by atoms with Crippen molar-refractivity contribution in [3.63, 3.8) is 0 Å². The maximum Gasteiger partial charge on any atom is 0.330 e. The van der Waals surface area contributed by atoms with Crippen LogP contribution in [0.4, 0.5) is 17.6 Å². The highest BCUT2D eigenvalue weighted by Crippen LogP contribution is 2.58. The van der Waals surface area contributed by atoms with Crippen LogP contribution in [0.15, 0.2) is 83.8 Å². The lowest BCUT2D eigenvalue weighted by molar-refractivity contribution is -0.0566. The summed E-state index contributed by atoms with van der Waals surface area (Å²) in [5, 5.41) is 0. The molecule has 0 aromatic carbocycles. The van der Waals surface area contributed by atoms with Crippen molar-refractivity contribution in [1.82, 2.24) is 87.2 Å². The number of hydrogen-bond donors (Lipinski definition) is 13. The van der Waals surface area contributed by atoms with E-state index < -0.39 is 223 Å². The molecule has 0 bridgehead atoms. The average Bonchev–Trinajstić information content (AvgIpc) is 1.63. The number of rotatable bonds is 36. The highest BCUT2D eigenvalue weighted by molar-refractivity contribution is 8.08. The number of nitrogen functional groups attached to an aromatic ring is 3. The Balaban J connectivity index is 0.640. The summed E-state index contributed by atoms with van der Waals surface area (Å²) in [7, 11) is 1.13. The third kappa shape index (κ3) is 22.0. The second-order valence-electron chi connectivity index (χ2n) is 29.7. The minimum Gasteiger partial charge on any atom is -0.382 e. The van der Waals surface area contributed by atoms with Crippen molar-refractivity contribution in [3.8, 4) is 0 Å². The molecule has 6 fully saturated rings. The lowest BCUT2D eigenvalue weighted by Crippen LogP contribution is -2.33. The fourth-order valence-electron chi connectivity index (χ4n) is 15.0. The van der Waals surface area contributed by atoms with Gasteiger partial charge in [0.2, 0.25) is 5.95 Å². The third-order valence-corrected chi connectivity index (χ3v) is 30.7. The van der Waals surface area contributed by atoms with E-state index in [1.54, 1.807) is 0 Å². The molecule has 6 aliphatic rings. The van der Waals surface area contributed by atoms with Crippen LogP contribution in [0.3, 0.4) is 0 Å². The minimum atomic E-state index is -4.67. The number of nitrogens with zero attached hydrogens (tertiary/aromatic N) is 14. The molecule has 52 nitrogen and oxygen atoms in total. The van der Waals surface area contributed by atoms with E-state index in [-0.39, 0.29) is 106 Å². The highest BCUT2D eigenvalue weighted by atomic mass is 32.5. The van der Waals surface area contributed by atoms with Gasteiger partial charge in [0.1, 0.15) is 91.6 Å². The number of aromatic nitrogens is 18. The summed E-state index contributed by atoms with van der Waals surface area (Å²) in [6, 6.07) is 0. The first kappa shape index (κ1) is 95.4. The Morgan fingerprint density at radius 2 is 0.661 bits per heavy atom. The second kappa shape index (κ2) is 38.4. The number of ether oxygens (including phenoxy) is 6. The first-order valence-corrected chi connectivity index (χ1v) is 53.9. The minimum absolute atomic E-state index is 0.00420. The molecule has 127 heavy (non-hydrogen) atoms. The standard InChI is InChI=1S/C63H83N21O31P6S6/c1-6-7-30-31(8-42(104-30)79-14-27(2)56(85)76-61(79)89)111-117(93,123)99-18-38-33(9-43(105-38)80-15-28(3)57(86)77-62(80)90)112-118(94,124)102-21-41-36(13-46(108-41)83-25-72-49-52(65)68-23-70-54(49)83)115-121(97,127)101-19-39-34(10-44(106-39)81-16-29(4)58(87)78-63(81)91)113-119(95,125)103-20-40-35(12-45(107-40)82-24-71-48-51(64)67-22-69-53(48)82)114-120(96,126)100-17-37-32(110-116(92,122)98-5)11-47(109-37)84-26-73-50-55(84)74-60(66)75-59(50)88/h14-16,22-26,30-47H,6-13,17-21H2,1-5H3,(H,92,122)(H,93,123)(H,94,124)(H,95,125)(H,96,126)(H,97,127)(H2,64,67,69)(H2,65,68,70)(H,76,85,89)(H,77,86,90)(H,78,87,91)(H3,66,74,75,88)/t30-,31?,32?,33?,34?,35?,36?,37-,38-,39-,40-,41-,42-,43-,44-,45-,46-,47-,116?,117?,118?,119?,120?,121?/m1/s1. The molecule has 6 saturated heterocycles. The van der Waals surface area contributed by atoms with Gasteiger partial charge in [-0.3, -0.25) is 66.5 Å². The van der Waals surface area contributed by atoms with Crippen LogP contribution in [0.2, 0.25) is 0 Å². The van der Waals surface area contributed by atoms with Gasteiger partial charge >= 0.3 is 57.4 Å². The number of imidazole rings is 3. The number of H-pyrrole nitrogens is 4. The zero-order valence-corrected chi connectivity index (χ0v) is 77.0. The lowest BCUT2D eigenvalue weighted by atomic mass is 10.1. The molecule has 0 radical (unpaired) electrons. The van der Waals surface area contributed by atoms with E-state index in [4.69, 9.17) is 171 Å². The molecule has 16 N–H and O–H groups in total. The Labute approximate surface area is 743 Å². The Morgan fingerprint density at radius 1 is 0.386 bits per heavy atom. The van der Waals surface area contributed by atoms with Crippen LogP contribution in [0.1, 0.15) is 112 Å². The maximum atomic E-state index is 13.5. The zero-order valence-electron chi connectivity index (χ0n) is 66.7. The van der Waals surface area contributed by atoms with Gasteiger partial charge in [-0.1, -0.05) is 13.3 Å². The molecule has 0 spiro atoms. The SMILES string of the molecule is CCC[C@H]1O[C@@H](n2cc(C)c(=O)[nH]c2=O)CC1OP(O)(=S)OC[C@H]1O[C@@H](n2cc(C)c(=O)[nH]c2=O)CC1OP(O)(=S)OC[C@H]1O[C@@H](n2cnc3c(N)ncnc32)CC1OP(O)(=S)OC[C@H]1O[C@@H](n2cc(C)c(=O)[nH]c2=O)CC1OP(O)(=S)OC[C@H]1O[C@@H](n2cnc3c(N)ncnc32)CC1OP(O)(=S)OC[C@H]1O[C@@H](n2cnc3c(=O)[nH]c(N)nc32)CC1OP(O)(=S)OC. The summed E-state index contributed by atoms with van der Waals surface area (Å²) < 4.78 is 117. The fraction of sp³-hybridized carbons (Fsp3) is 0.571. The largest absolute Gasteiger partial charge is 0.382 e. The molecular formula is C63H83N21O31P6S6. The van der Waals surface area contributed by atoms with Crippen molar-refractivity contribution >= 4 is 162 Å². The number of aromatic amines is 4. The topological polar surface area (TPSA) is 681 Å². The summed E-state index contributed by atoms with van der Waals surface area (Å²) in [5.41, 5.74) is 14.1. The normalized spacial score (nSPS) is 29.2. The second-order valence-corrected chi connectivity index (χ2v) is 46.5. The van der Waals surface area contributed by atoms with Crippen LogP contribution in [0.25, 0.3) is 33.5 Å². The Morgan fingerprint density at radius 3 is 0.969 bits per heavy atom. The van der Waals surface area contributed by atoms with E-state index in [0.29, 0.717) is 12.8 Å². The Hall–Kier alpha value is -6.17. The molecule has 0 saturated carbocycles. The monoisotopic (exact) mass is 2010 g/mol. The van der Waals surface area contributed by atoms with E-state index in [1.165, 1.54) is 89.3 Å². The van der Waals surface area contributed by atoms with Gasteiger partial charge in [0, 0.05) is 80.9 Å². The molecule has 15 rings (SSSR count). The van der Waals surface area contributed by atoms with Gasteiger partial charge in [-0.2, -0.15) is 4.98 Å². The number of hydrogen-bond acceptors (Lipinski definition) is 42. The molecule has 12 unspecified atom stereocenters. The van der Waals surface area contributed by atoms with Gasteiger partial charge in [0.15, 0.2) is 34.1 Å². The van der Waals surface area contributed by atoms with Gasteiger partial charge < -0.3 is 129 Å². The van der Waals surface area contributed by atoms with Crippen molar-refractivity contribution in [1.29, 1.82) is 0 Å². The van der Waals surface area contributed by atoms with E-state index in [9.17, 15) is 62.9 Å². The number of nitrogens with one attached hydrogen (secondary N) is 4. The van der Waals surface area contributed by atoms with Gasteiger partial charge in [-0.15, -0.1) is 0 Å². The maximum absolute atomic E-state index is 13.5. The van der Waals surface area contributed by atoms with Crippen LogP contribution >= 0.6 is 40.3 Å². The van der Waals surface area contributed by atoms with E-state index in [2.05, 4.69) is 59.8 Å². The van der Waals surface area contributed by atoms with Gasteiger partial charge in [0.25, 0.3) is 22.2 Å². The first-order valence-electron chi connectivity index (χ1n) is 38.3. The van der Waals surface area contributed by atoms with Crippen LogP contribution in [0, 0.1) is 20.8 Å². The molecule has 64 heteroatoms. The summed E-state index contributed by atoms with van der Waals surface area (Å²) in [6.45, 7) is -23.9. The summed E-state index contributed by atoms with van der Waals surface area (Å²) in [6.07, 6.45) is -11.9. The quantitative estimate of drug-likeness (QED) is 0.0244. The van der Waals surface area contributed by atoms with Crippen molar-refractivity contribution in [2.24, 2.45) is 0 Å². The van der Waals surface area contributed by atoms with Crippen LogP contribution < -0.4 is 56.5 Å². The van der Waals surface area contributed by atoms with E-state index in [1.807, 2.05) is 6.92 Å². The molecule has 0 amide bonds. The summed E-state index contributed by atoms with van der Waals surface area (Å²) in [4.78, 5) is 204. The van der Waals surface area contributed by atoms with Crippen LogP contribution in [-0.2, 0) is 154 Å². The molecule has 0 aliphatic carbocycles. The van der Waals surface area contributed by atoms with Crippen molar-refractivity contribution in [2.45, 2.75) is 190 Å². The number of fused-ring (bicyclic) bond motifs is 3. The first-order chi connectivity index (χ1) is 60.0. The zero-order chi connectivity index (χ0) is 90.9. The molecule has 692 valence electrons. The Kier molecular flexibility index (Phi) is 28.9.